The third kappa shape index (κ3) is 7.36. The van der Waals surface area contributed by atoms with E-state index < -0.39 is 29.6 Å². The van der Waals surface area contributed by atoms with Crippen LogP contribution in [0.3, 0.4) is 0 Å². The maximum absolute atomic E-state index is 11.6. The fraction of sp³-hybridized carbons (Fsp3) is 0.818. The summed E-state index contributed by atoms with van der Waals surface area (Å²) < 4.78 is 5.11. The molecule has 1 amide bonds. The molecule has 0 aromatic carbocycles. The number of carbonyl (C=O) groups excluding carboxylic acids is 2. The van der Waals surface area contributed by atoms with Gasteiger partial charge in [0.2, 0.25) is 0 Å². The van der Waals surface area contributed by atoms with Crippen LogP contribution in [0.15, 0.2) is 0 Å². The van der Waals surface area contributed by atoms with Gasteiger partial charge in [0.25, 0.3) is 0 Å². The molecule has 2 atom stereocenters. The minimum atomic E-state index is -1.04. The fourth-order valence-electron chi connectivity index (χ4n) is 0.992. The number of aliphatic hydroxyl groups excluding tert-OH is 1. The van der Waals surface area contributed by atoms with E-state index in [9.17, 15) is 14.7 Å². The summed E-state index contributed by atoms with van der Waals surface area (Å²) in [5.74, 6) is 0.910. The quantitative estimate of drug-likeness (QED) is 0.568. The molecule has 100 valence electrons. The normalized spacial score (nSPS) is 14.9. The molecular formula is C11H21NO4Se. The van der Waals surface area contributed by atoms with Crippen LogP contribution in [0.1, 0.15) is 27.7 Å². The van der Waals surface area contributed by atoms with E-state index >= 15 is 0 Å². The summed E-state index contributed by atoms with van der Waals surface area (Å²) in [4.78, 5) is 23.0. The molecule has 0 saturated heterocycles. The van der Waals surface area contributed by atoms with Gasteiger partial charge >= 0.3 is 108 Å². The van der Waals surface area contributed by atoms with Gasteiger partial charge in [0.05, 0.1) is 0 Å². The molecule has 0 aliphatic rings. The Balaban J connectivity index is 4.21. The Kier molecular flexibility index (Phi) is 6.75. The Morgan fingerprint density at radius 2 is 1.94 bits per heavy atom. The summed E-state index contributed by atoms with van der Waals surface area (Å²) in [5, 5.41) is 12.3. The molecule has 2 N–H and O–H groups in total. The SMILES string of the molecule is C[Se]CC(O)C(=O)NC(C)C(=O)OC(C)(C)C. The van der Waals surface area contributed by atoms with Gasteiger partial charge in [-0.3, -0.25) is 0 Å². The van der Waals surface area contributed by atoms with Crippen molar-refractivity contribution in [3.05, 3.63) is 0 Å². The molecule has 17 heavy (non-hydrogen) atoms. The van der Waals surface area contributed by atoms with Gasteiger partial charge in [-0.25, -0.2) is 0 Å². The van der Waals surface area contributed by atoms with Gasteiger partial charge in [-0.2, -0.15) is 0 Å². The van der Waals surface area contributed by atoms with Crippen LogP contribution in [-0.4, -0.2) is 49.7 Å². The summed E-state index contributed by atoms with van der Waals surface area (Å²) in [5.41, 5.74) is -0.582. The summed E-state index contributed by atoms with van der Waals surface area (Å²) in [6, 6.07) is -0.749. The first-order chi connectivity index (χ1) is 7.67. The van der Waals surface area contributed by atoms with Crippen LogP contribution in [0.4, 0.5) is 0 Å². The van der Waals surface area contributed by atoms with Gasteiger partial charge in [-0.1, -0.05) is 0 Å². The minimum absolute atomic E-state index is 0.214. The third-order valence-corrected chi connectivity index (χ3v) is 3.11. The number of esters is 1. The van der Waals surface area contributed by atoms with E-state index in [2.05, 4.69) is 5.32 Å². The molecule has 0 aromatic heterocycles. The first-order valence-corrected chi connectivity index (χ1v) is 8.30. The van der Waals surface area contributed by atoms with Crippen molar-refractivity contribution < 1.29 is 19.4 Å². The van der Waals surface area contributed by atoms with Crippen LogP contribution < -0.4 is 5.32 Å². The van der Waals surface area contributed by atoms with Gasteiger partial charge < -0.3 is 0 Å². The zero-order valence-electron chi connectivity index (χ0n) is 10.9. The van der Waals surface area contributed by atoms with Gasteiger partial charge in [0.15, 0.2) is 0 Å². The van der Waals surface area contributed by atoms with E-state index in [-0.39, 0.29) is 15.0 Å². The number of nitrogens with one attached hydrogen (secondary N) is 1. The topological polar surface area (TPSA) is 75.6 Å². The molecule has 0 saturated carbocycles. The number of aliphatic hydroxyl groups is 1. The van der Waals surface area contributed by atoms with Crippen LogP contribution in [0, 0.1) is 0 Å². The molecule has 0 aliphatic heterocycles. The summed E-state index contributed by atoms with van der Waals surface area (Å²) in [6.45, 7) is 6.81. The van der Waals surface area contributed by atoms with E-state index in [0.717, 1.165) is 0 Å². The van der Waals surface area contributed by atoms with Gasteiger partial charge in [0.1, 0.15) is 0 Å². The third-order valence-electron chi connectivity index (χ3n) is 1.75. The fourth-order valence-corrected chi connectivity index (χ4v) is 1.97. The zero-order chi connectivity index (χ0) is 13.6. The van der Waals surface area contributed by atoms with Gasteiger partial charge in [-0.05, 0) is 0 Å². The molecule has 0 bridgehead atoms. The Morgan fingerprint density at radius 1 is 1.41 bits per heavy atom. The number of hydrogen-bond acceptors (Lipinski definition) is 4. The van der Waals surface area contributed by atoms with Crippen molar-refractivity contribution in [2.45, 2.75) is 56.6 Å². The first-order valence-electron chi connectivity index (χ1n) is 5.37. The average molecular weight is 310 g/mol. The van der Waals surface area contributed by atoms with Crippen molar-refractivity contribution in [3.8, 4) is 0 Å². The van der Waals surface area contributed by atoms with Gasteiger partial charge in [0, 0.05) is 0 Å². The van der Waals surface area contributed by atoms with E-state index in [1.165, 1.54) is 6.92 Å². The van der Waals surface area contributed by atoms with E-state index in [4.69, 9.17) is 4.74 Å². The Labute approximate surface area is 108 Å². The standard InChI is InChI=1S/C11H21NO4Se/c1-7(10(15)16-11(2,3)4)12-9(14)8(13)6-17-5/h7-8,13H,6H2,1-5H3,(H,12,14). The van der Waals surface area contributed by atoms with Crippen molar-refractivity contribution in [1.82, 2.24) is 5.32 Å². The zero-order valence-corrected chi connectivity index (χ0v) is 12.7. The molecule has 0 aliphatic carbocycles. The Bertz CT molecular complexity index is 275. The summed E-state index contributed by atoms with van der Waals surface area (Å²) in [6.07, 6.45) is -1.04. The second-order valence-electron chi connectivity index (χ2n) is 4.73. The van der Waals surface area contributed by atoms with E-state index in [1.54, 1.807) is 20.8 Å². The monoisotopic (exact) mass is 311 g/mol. The predicted octanol–water partition coefficient (Wildman–Crippen LogP) is 0.364. The Hall–Kier alpha value is -0.581. The van der Waals surface area contributed by atoms with Crippen molar-refractivity contribution in [3.63, 3.8) is 0 Å². The van der Waals surface area contributed by atoms with Crippen molar-refractivity contribution in [1.29, 1.82) is 0 Å². The molecule has 5 nitrogen and oxygen atoms in total. The van der Waals surface area contributed by atoms with E-state index in [1.807, 2.05) is 5.82 Å². The first kappa shape index (κ1) is 16.4. The second-order valence-corrected chi connectivity index (χ2v) is 6.65. The summed E-state index contributed by atoms with van der Waals surface area (Å²) >= 11 is 0.214. The maximum atomic E-state index is 11.6. The molecule has 2 unspecified atom stereocenters. The van der Waals surface area contributed by atoms with Crippen LogP contribution in [-0.2, 0) is 14.3 Å². The van der Waals surface area contributed by atoms with Crippen molar-refractivity contribution in [2.75, 3.05) is 0 Å². The molecule has 0 radical (unpaired) electrons. The van der Waals surface area contributed by atoms with Crippen LogP contribution in [0.5, 0.6) is 0 Å². The molecule has 6 heteroatoms. The van der Waals surface area contributed by atoms with Gasteiger partial charge in [-0.15, -0.1) is 0 Å². The Morgan fingerprint density at radius 3 is 2.35 bits per heavy atom. The van der Waals surface area contributed by atoms with E-state index in [0.29, 0.717) is 5.32 Å². The summed E-state index contributed by atoms with van der Waals surface area (Å²) in [7, 11) is 0. The number of hydrogen-bond donors (Lipinski definition) is 2. The predicted molar refractivity (Wildman–Crippen MR) is 65.9 cm³/mol. The van der Waals surface area contributed by atoms with Crippen LogP contribution >= 0.6 is 0 Å². The molecule has 0 heterocycles. The number of amides is 1. The number of ether oxygens (including phenoxy) is 1. The van der Waals surface area contributed by atoms with Crippen molar-refractivity contribution >= 4 is 26.8 Å². The molecular weight excluding hydrogens is 289 g/mol. The molecule has 0 aromatic rings. The average Bonchev–Trinajstić information content (AvgIpc) is 2.15. The molecule has 0 fully saturated rings. The molecule has 0 spiro atoms. The van der Waals surface area contributed by atoms with Crippen LogP contribution in [0.2, 0.25) is 11.1 Å². The number of carbonyl (C=O) groups is 2. The van der Waals surface area contributed by atoms with Crippen LogP contribution in [0.25, 0.3) is 0 Å². The second kappa shape index (κ2) is 6.99. The molecule has 0 rings (SSSR count). The van der Waals surface area contributed by atoms with Crippen molar-refractivity contribution in [2.24, 2.45) is 0 Å². The number of rotatable bonds is 5.